The van der Waals surface area contributed by atoms with Crippen molar-refractivity contribution in [3.8, 4) is 17.3 Å². The van der Waals surface area contributed by atoms with Crippen molar-refractivity contribution in [1.29, 1.82) is 0 Å². The van der Waals surface area contributed by atoms with Crippen molar-refractivity contribution in [2.45, 2.75) is 65.3 Å². The molecule has 0 unspecified atom stereocenters. The molecule has 1 amide bonds. The van der Waals surface area contributed by atoms with E-state index in [2.05, 4.69) is 19.9 Å². The molecule has 0 spiro atoms. The van der Waals surface area contributed by atoms with Gasteiger partial charge in [-0.3, -0.25) is 4.98 Å². The lowest BCUT2D eigenvalue weighted by Crippen LogP contribution is -2.50. The summed E-state index contributed by atoms with van der Waals surface area (Å²) >= 11 is 6.58. The van der Waals surface area contributed by atoms with Crippen LogP contribution in [-0.2, 0) is 10.9 Å². The predicted molar refractivity (Wildman–Crippen MR) is 163 cm³/mol. The number of fused-ring (bicyclic) bond motifs is 1. The molecule has 244 valence electrons. The minimum atomic E-state index is -4.81. The van der Waals surface area contributed by atoms with Gasteiger partial charge in [0.2, 0.25) is 0 Å². The lowest BCUT2D eigenvalue weighted by Gasteiger charge is -2.36. The molecule has 4 heterocycles. The van der Waals surface area contributed by atoms with Crippen LogP contribution in [0, 0.1) is 19.7 Å². The minimum absolute atomic E-state index is 0.100. The molecular formula is C31H37ClF4N6O3. The zero-order valence-corrected chi connectivity index (χ0v) is 26.9. The second-order valence-electron chi connectivity index (χ2n) is 12.6. The summed E-state index contributed by atoms with van der Waals surface area (Å²) in [5.41, 5.74) is -2.88. The molecule has 1 aromatic carbocycles. The minimum Gasteiger partial charge on any atom is -0.462 e. The van der Waals surface area contributed by atoms with Crippen molar-refractivity contribution in [3.05, 3.63) is 39.8 Å². The lowest BCUT2D eigenvalue weighted by atomic mass is 9.98. The van der Waals surface area contributed by atoms with Crippen LogP contribution in [0.4, 0.5) is 28.2 Å². The molecule has 2 aromatic heterocycles. The number of aromatic nitrogens is 3. The average Bonchev–Trinajstić information content (AvgIpc) is 3.34. The van der Waals surface area contributed by atoms with E-state index in [4.69, 9.17) is 21.1 Å². The van der Waals surface area contributed by atoms with Gasteiger partial charge in [0, 0.05) is 43.3 Å². The lowest BCUT2D eigenvalue weighted by molar-refractivity contribution is -0.137. The van der Waals surface area contributed by atoms with Crippen LogP contribution in [0.3, 0.4) is 0 Å². The highest BCUT2D eigenvalue weighted by Gasteiger charge is 2.39. The van der Waals surface area contributed by atoms with E-state index in [1.807, 2.05) is 11.9 Å². The van der Waals surface area contributed by atoms with Crippen LogP contribution in [0.5, 0.6) is 6.01 Å². The van der Waals surface area contributed by atoms with Crippen LogP contribution < -0.4 is 9.64 Å². The standard InChI is InChI=1S/C31H37ClF4N6O3/c1-17-14-18(2)37-26(23(17)31(34,35)36)22-21(32)15-20-25(24(22)33)38-28(44-16-19-8-7-9-40(19)6)39-27(20)41-10-12-42(13-11-41)29(43)45-30(3,4)5/h14-15,19H,7-13,16H2,1-6H3/t19-/m0/s1. The number of hydrogen-bond acceptors (Lipinski definition) is 8. The number of carbonyl (C=O) groups excluding carboxylic acids is 1. The number of aryl methyl sites for hydroxylation is 2. The number of amides is 1. The highest BCUT2D eigenvalue weighted by atomic mass is 35.5. The average molecular weight is 653 g/mol. The SMILES string of the molecule is Cc1cc(C)c(C(F)(F)F)c(-c2c(Cl)cc3c(N4CCN(C(=O)OC(C)(C)C)CC4)nc(OC[C@@H]4CCCN4C)nc3c2F)n1. The Labute approximate surface area is 264 Å². The molecule has 0 aliphatic carbocycles. The maximum absolute atomic E-state index is 16.6. The van der Waals surface area contributed by atoms with Crippen LogP contribution in [0.15, 0.2) is 12.1 Å². The van der Waals surface area contributed by atoms with E-state index < -0.39 is 40.5 Å². The number of rotatable bonds is 5. The van der Waals surface area contributed by atoms with Gasteiger partial charge in [-0.15, -0.1) is 0 Å². The summed E-state index contributed by atoms with van der Waals surface area (Å²) in [5, 5.41) is -0.0586. The van der Waals surface area contributed by atoms with Crippen molar-refractivity contribution in [1.82, 2.24) is 24.8 Å². The monoisotopic (exact) mass is 652 g/mol. The van der Waals surface area contributed by atoms with E-state index >= 15 is 4.39 Å². The van der Waals surface area contributed by atoms with Crippen molar-refractivity contribution >= 4 is 34.4 Å². The first kappa shape index (κ1) is 32.9. The van der Waals surface area contributed by atoms with Gasteiger partial charge in [-0.05, 0) is 78.7 Å². The summed E-state index contributed by atoms with van der Waals surface area (Å²) in [5.74, 6) is -0.755. The molecule has 5 rings (SSSR count). The highest BCUT2D eigenvalue weighted by Crippen LogP contribution is 2.44. The van der Waals surface area contributed by atoms with Crippen molar-refractivity contribution in [2.24, 2.45) is 0 Å². The van der Waals surface area contributed by atoms with Crippen LogP contribution in [-0.4, -0.2) is 88.9 Å². The Balaban J connectivity index is 1.60. The fourth-order valence-corrected chi connectivity index (χ4v) is 6.13. The molecule has 0 saturated carbocycles. The number of pyridine rings is 1. The fraction of sp³-hybridized carbons (Fsp3) is 0.548. The van der Waals surface area contributed by atoms with E-state index in [0.29, 0.717) is 32.0 Å². The Morgan fingerprint density at radius 3 is 2.33 bits per heavy atom. The molecule has 2 fully saturated rings. The summed E-state index contributed by atoms with van der Waals surface area (Å²) in [7, 11) is 1.99. The van der Waals surface area contributed by atoms with Gasteiger partial charge in [-0.1, -0.05) is 11.6 Å². The first-order chi connectivity index (χ1) is 21.0. The van der Waals surface area contributed by atoms with Crippen LogP contribution in [0.2, 0.25) is 5.02 Å². The van der Waals surface area contributed by atoms with Crippen LogP contribution in [0.1, 0.15) is 50.4 Å². The molecule has 45 heavy (non-hydrogen) atoms. The largest absolute Gasteiger partial charge is 0.462 e. The number of hydrogen-bond donors (Lipinski definition) is 0. The predicted octanol–water partition coefficient (Wildman–Crippen LogP) is 6.65. The number of carbonyl (C=O) groups is 1. The normalized spacial score (nSPS) is 18.2. The molecule has 2 aliphatic rings. The number of benzene rings is 1. The Hall–Kier alpha value is -3.45. The fourth-order valence-electron chi connectivity index (χ4n) is 5.85. The van der Waals surface area contributed by atoms with Gasteiger partial charge in [0.25, 0.3) is 0 Å². The number of nitrogens with zero attached hydrogens (tertiary/aromatic N) is 6. The summed E-state index contributed by atoms with van der Waals surface area (Å²) in [6.45, 7) is 10.6. The first-order valence-electron chi connectivity index (χ1n) is 14.8. The van der Waals surface area contributed by atoms with Gasteiger partial charge in [0.05, 0.1) is 21.8 Å². The number of piperazine rings is 1. The maximum Gasteiger partial charge on any atom is 0.418 e. The second-order valence-corrected chi connectivity index (χ2v) is 13.0. The molecule has 0 N–H and O–H groups in total. The summed E-state index contributed by atoms with van der Waals surface area (Å²) in [4.78, 5) is 31.3. The Morgan fingerprint density at radius 2 is 1.73 bits per heavy atom. The molecule has 1 atom stereocenters. The maximum atomic E-state index is 16.6. The molecule has 2 aliphatic heterocycles. The van der Waals surface area contributed by atoms with E-state index in [1.165, 1.54) is 26.0 Å². The third-order valence-electron chi connectivity index (χ3n) is 8.01. The van der Waals surface area contributed by atoms with E-state index in [9.17, 15) is 18.0 Å². The number of likely N-dealkylation sites (tertiary alicyclic amines) is 1. The molecule has 3 aromatic rings. The Bertz CT molecular complexity index is 1610. The third kappa shape index (κ3) is 7.04. The summed E-state index contributed by atoms with van der Waals surface area (Å²) < 4.78 is 70.8. The number of halogens is 5. The second kappa shape index (κ2) is 12.4. The van der Waals surface area contributed by atoms with E-state index in [-0.39, 0.29) is 45.8 Å². The highest BCUT2D eigenvalue weighted by molar-refractivity contribution is 6.34. The summed E-state index contributed by atoms with van der Waals surface area (Å²) in [6.07, 6.45) is -3.33. The van der Waals surface area contributed by atoms with Crippen LogP contribution in [0.25, 0.3) is 22.2 Å². The zero-order chi connectivity index (χ0) is 32.8. The molecular weight excluding hydrogens is 616 g/mol. The van der Waals surface area contributed by atoms with Crippen molar-refractivity contribution in [3.63, 3.8) is 0 Å². The summed E-state index contributed by atoms with van der Waals surface area (Å²) in [6, 6.07) is 2.68. The Kier molecular flexibility index (Phi) is 9.07. The zero-order valence-electron chi connectivity index (χ0n) is 26.2. The third-order valence-corrected chi connectivity index (χ3v) is 8.31. The quantitative estimate of drug-likeness (QED) is 0.284. The molecule has 14 heteroatoms. The van der Waals surface area contributed by atoms with Gasteiger partial charge in [-0.2, -0.15) is 23.1 Å². The molecule has 0 radical (unpaired) electrons. The number of likely N-dealkylation sites (N-methyl/N-ethyl adjacent to an activating group) is 1. The number of alkyl halides is 3. The number of anilines is 1. The number of ether oxygens (including phenoxy) is 2. The molecule has 0 bridgehead atoms. The van der Waals surface area contributed by atoms with E-state index in [1.54, 1.807) is 25.7 Å². The van der Waals surface area contributed by atoms with Gasteiger partial charge in [0.15, 0.2) is 5.82 Å². The Morgan fingerprint density at radius 1 is 1.04 bits per heavy atom. The van der Waals surface area contributed by atoms with Crippen LogP contribution >= 0.6 is 11.6 Å². The van der Waals surface area contributed by atoms with Gasteiger partial charge < -0.3 is 24.2 Å². The van der Waals surface area contributed by atoms with Gasteiger partial charge >= 0.3 is 18.3 Å². The first-order valence-corrected chi connectivity index (χ1v) is 15.2. The topological polar surface area (TPSA) is 83.9 Å². The van der Waals surface area contributed by atoms with Gasteiger partial charge in [-0.25, -0.2) is 9.18 Å². The van der Waals surface area contributed by atoms with Crippen molar-refractivity contribution in [2.75, 3.05) is 51.3 Å². The smallest absolute Gasteiger partial charge is 0.418 e. The molecule has 9 nitrogen and oxygen atoms in total. The molecule has 2 saturated heterocycles. The van der Waals surface area contributed by atoms with Crippen molar-refractivity contribution < 1.29 is 31.8 Å². The van der Waals surface area contributed by atoms with Gasteiger partial charge in [0.1, 0.15) is 23.5 Å². The van der Waals surface area contributed by atoms with E-state index in [0.717, 1.165) is 19.4 Å².